The number of H-pyrrole nitrogens is 1. The lowest BCUT2D eigenvalue weighted by Gasteiger charge is -2.19. The number of aromatic amines is 1. The smallest absolute Gasteiger partial charge is 0.235 e. The van der Waals surface area contributed by atoms with Crippen molar-refractivity contribution in [1.82, 2.24) is 4.98 Å². The van der Waals surface area contributed by atoms with Crippen molar-refractivity contribution >= 4 is 22.9 Å². The first-order valence-corrected chi connectivity index (χ1v) is 10.4. The van der Waals surface area contributed by atoms with Crippen molar-refractivity contribution < 1.29 is 14.9 Å². The number of aromatic nitrogens is 1. The van der Waals surface area contributed by atoms with E-state index in [1.54, 1.807) is 11.3 Å². The fraction of sp³-hybridized carbons (Fsp3) is 0.304. The van der Waals surface area contributed by atoms with Crippen LogP contribution in [0.15, 0.2) is 41.8 Å². The van der Waals surface area contributed by atoms with E-state index < -0.39 is 0 Å². The zero-order valence-corrected chi connectivity index (χ0v) is 17.8. The maximum atomic E-state index is 13.2. The van der Waals surface area contributed by atoms with Crippen LogP contribution in [0.3, 0.4) is 0 Å². The molecule has 0 bridgehead atoms. The Morgan fingerprint density at radius 2 is 1.75 bits per heavy atom. The van der Waals surface area contributed by atoms with Crippen molar-refractivity contribution in [2.75, 3.05) is 0 Å². The molecule has 0 aliphatic rings. The molecule has 0 fully saturated rings. The number of carbonyl (C=O) groups excluding carboxylic acids is 2. The molecule has 146 valence electrons. The molecule has 0 amide bonds. The van der Waals surface area contributed by atoms with Gasteiger partial charge in [0.05, 0.1) is 10.6 Å². The van der Waals surface area contributed by atoms with E-state index in [-0.39, 0.29) is 23.7 Å². The number of thiophene rings is 1. The minimum Gasteiger partial charge on any atom is -0.355 e. The van der Waals surface area contributed by atoms with Gasteiger partial charge in [0.1, 0.15) is 12.1 Å². The van der Waals surface area contributed by atoms with Gasteiger partial charge >= 0.3 is 0 Å². The standard InChI is InChI=1S/C23H26N2O2S/c1-13-8-10-18(11-9-13)22(19-7-6-12-28-19)25-16(4)23(27)21-14(2)20(17(5)26)15(3)24-21/h6-12,16,22,24-25H,1-5H3/p+1/t16-,22-/m1/s1. The van der Waals surface area contributed by atoms with E-state index in [4.69, 9.17) is 0 Å². The molecule has 0 saturated carbocycles. The van der Waals surface area contributed by atoms with Gasteiger partial charge in [0.15, 0.2) is 5.78 Å². The van der Waals surface area contributed by atoms with Gasteiger partial charge in [-0.1, -0.05) is 35.9 Å². The Bertz CT molecular complexity index is 985. The SMILES string of the molecule is CC(=O)c1c(C)[nH]c(C(=O)[C@@H](C)[NH2+][C@H](c2ccc(C)cc2)c2cccs2)c1C. The van der Waals surface area contributed by atoms with E-state index in [1.807, 2.05) is 26.8 Å². The number of nitrogens with two attached hydrogens (primary N) is 1. The van der Waals surface area contributed by atoms with Gasteiger partial charge in [-0.15, -0.1) is 11.3 Å². The molecule has 5 heteroatoms. The van der Waals surface area contributed by atoms with Crippen molar-refractivity contribution in [2.45, 2.75) is 46.7 Å². The number of quaternary nitrogens is 1. The number of hydrogen-bond donors (Lipinski definition) is 2. The highest BCUT2D eigenvalue weighted by atomic mass is 32.1. The van der Waals surface area contributed by atoms with Gasteiger partial charge in [0.2, 0.25) is 5.78 Å². The lowest BCUT2D eigenvalue weighted by atomic mass is 10.00. The predicted octanol–water partition coefficient (Wildman–Crippen LogP) is 4.13. The molecule has 0 saturated heterocycles. The molecule has 0 radical (unpaired) electrons. The van der Waals surface area contributed by atoms with Crippen LogP contribution in [0.1, 0.15) is 68.0 Å². The Hall–Kier alpha value is -2.50. The summed E-state index contributed by atoms with van der Waals surface area (Å²) in [5.74, 6) is -0.000169. The molecular formula is C23H27N2O2S+. The predicted molar refractivity (Wildman–Crippen MR) is 113 cm³/mol. The largest absolute Gasteiger partial charge is 0.355 e. The van der Waals surface area contributed by atoms with Crippen LogP contribution in [0.5, 0.6) is 0 Å². The van der Waals surface area contributed by atoms with Crippen molar-refractivity contribution in [3.05, 3.63) is 80.3 Å². The van der Waals surface area contributed by atoms with Gasteiger partial charge in [-0.05, 0) is 51.6 Å². The first-order chi connectivity index (χ1) is 13.3. The first kappa shape index (κ1) is 20.2. The summed E-state index contributed by atoms with van der Waals surface area (Å²) in [5.41, 5.74) is 5.07. The van der Waals surface area contributed by atoms with Crippen LogP contribution in [0.2, 0.25) is 0 Å². The lowest BCUT2D eigenvalue weighted by Crippen LogP contribution is -2.92. The van der Waals surface area contributed by atoms with E-state index in [9.17, 15) is 9.59 Å². The zero-order valence-electron chi connectivity index (χ0n) is 17.0. The second-order valence-electron chi connectivity index (χ2n) is 7.43. The summed E-state index contributed by atoms with van der Waals surface area (Å²) in [7, 11) is 0. The summed E-state index contributed by atoms with van der Waals surface area (Å²) in [5, 5.41) is 4.18. The number of benzene rings is 1. The first-order valence-electron chi connectivity index (χ1n) is 9.48. The summed E-state index contributed by atoms with van der Waals surface area (Å²) in [6.45, 7) is 9.23. The summed E-state index contributed by atoms with van der Waals surface area (Å²) in [6, 6.07) is 12.4. The van der Waals surface area contributed by atoms with E-state index in [1.165, 1.54) is 22.9 Å². The quantitative estimate of drug-likeness (QED) is 0.591. The minimum absolute atomic E-state index is 0.0155. The second kappa shape index (κ2) is 8.25. The maximum absolute atomic E-state index is 13.2. The molecule has 4 nitrogen and oxygen atoms in total. The van der Waals surface area contributed by atoms with Crippen LogP contribution in [0, 0.1) is 20.8 Å². The number of Topliss-reactive ketones (excluding diaryl/α,β-unsaturated/α-hetero) is 2. The number of ketones is 2. The number of hydrogen-bond acceptors (Lipinski definition) is 3. The number of rotatable bonds is 7. The monoisotopic (exact) mass is 395 g/mol. The third kappa shape index (κ3) is 4.01. The summed E-state index contributed by atoms with van der Waals surface area (Å²) in [4.78, 5) is 29.4. The van der Waals surface area contributed by atoms with Gasteiger partial charge in [0.25, 0.3) is 0 Å². The molecular weight excluding hydrogens is 368 g/mol. The Morgan fingerprint density at radius 3 is 2.29 bits per heavy atom. The Labute approximate surface area is 170 Å². The van der Waals surface area contributed by atoms with Gasteiger partial charge in [-0.25, -0.2) is 0 Å². The van der Waals surface area contributed by atoms with Crippen LogP contribution in [0.25, 0.3) is 0 Å². The molecule has 2 heterocycles. The Morgan fingerprint density at radius 1 is 1.07 bits per heavy atom. The average Bonchev–Trinajstić information content (AvgIpc) is 3.27. The maximum Gasteiger partial charge on any atom is 0.235 e. The summed E-state index contributed by atoms with van der Waals surface area (Å²) < 4.78 is 0. The van der Waals surface area contributed by atoms with Crippen LogP contribution < -0.4 is 5.32 Å². The number of aryl methyl sites for hydroxylation is 2. The highest BCUT2D eigenvalue weighted by Crippen LogP contribution is 2.24. The molecule has 0 aliphatic heterocycles. The van der Waals surface area contributed by atoms with E-state index in [0.717, 1.165) is 11.3 Å². The van der Waals surface area contributed by atoms with Crippen LogP contribution in [-0.2, 0) is 0 Å². The van der Waals surface area contributed by atoms with Gasteiger partial charge < -0.3 is 10.3 Å². The summed E-state index contributed by atoms with van der Waals surface area (Å²) in [6.07, 6.45) is 0. The van der Waals surface area contributed by atoms with Crippen molar-refractivity contribution in [1.29, 1.82) is 0 Å². The van der Waals surface area contributed by atoms with Crippen LogP contribution >= 0.6 is 11.3 Å². The normalized spacial score (nSPS) is 13.3. The fourth-order valence-corrected chi connectivity index (χ4v) is 4.57. The molecule has 2 aromatic heterocycles. The third-order valence-corrected chi connectivity index (χ3v) is 6.17. The highest BCUT2D eigenvalue weighted by Gasteiger charge is 2.29. The van der Waals surface area contributed by atoms with Crippen LogP contribution in [-0.4, -0.2) is 22.6 Å². The molecule has 1 aromatic carbocycles. The van der Waals surface area contributed by atoms with Crippen molar-refractivity contribution in [3.8, 4) is 0 Å². The molecule has 3 N–H and O–H groups in total. The molecule has 3 rings (SSSR count). The van der Waals surface area contributed by atoms with Crippen molar-refractivity contribution in [3.63, 3.8) is 0 Å². The molecule has 0 spiro atoms. The highest BCUT2D eigenvalue weighted by molar-refractivity contribution is 7.10. The Kier molecular flexibility index (Phi) is 5.96. The van der Waals surface area contributed by atoms with E-state index >= 15 is 0 Å². The summed E-state index contributed by atoms with van der Waals surface area (Å²) >= 11 is 1.70. The van der Waals surface area contributed by atoms with E-state index in [2.05, 4.69) is 52.9 Å². The molecule has 0 aliphatic carbocycles. The number of carbonyl (C=O) groups is 2. The Balaban J connectivity index is 1.89. The molecule has 3 aromatic rings. The van der Waals surface area contributed by atoms with Gasteiger partial charge in [-0.2, -0.15) is 0 Å². The van der Waals surface area contributed by atoms with E-state index in [0.29, 0.717) is 11.3 Å². The topological polar surface area (TPSA) is 66.5 Å². The van der Waals surface area contributed by atoms with Crippen LogP contribution in [0.4, 0.5) is 0 Å². The number of nitrogens with one attached hydrogen (secondary N) is 1. The van der Waals surface area contributed by atoms with Gasteiger partial charge in [-0.3, -0.25) is 9.59 Å². The third-order valence-electron chi connectivity index (χ3n) is 5.22. The molecule has 0 unspecified atom stereocenters. The molecule has 2 atom stereocenters. The minimum atomic E-state index is -0.287. The second-order valence-corrected chi connectivity index (χ2v) is 8.41. The lowest BCUT2D eigenvalue weighted by molar-refractivity contribution is -0.703. The van der Waals surface area contributed by atoms with Crippen molar-refractivity contribution in [2.24, 2.45) is 0 Å². The fourth-order valence-electron chi connectivity index (χ4n) is 3.74. The zero-order chi connectivity index (χ0) is 20.4. The molecule has 28 heavy (non-hydrogen) atoms. The average molecular weight is 396 g/mol. The van der Waals surface area contributed by atoms with Gasteiger partial charge in [0, 0.05) is 16.8 Å².